The third-order valence-corrected chi connectivity index (χ3v) is 1.73. The molecule has 0 fully saturated rings. The van der Waals surface area contributed by atoms with E-state index < -0.39 is 0 Å². The normalized spacial score (nSPS) is 10.4. The zero-order chi connectivity index (χ0) is 10.4. The molecule has 0 aliphatic carbocycles. The molecule has 0 spiro atoms. The molecule has 0 bridgehead atoms. The SMILES string of the molecule is CCOC(=O)C=Cc1cccnc1C. The van der Waals surface area contributed by atoms with Gasteiger partial charge in [-0.15, -0.1) is 0 Å². The summed E-state index contributed by atoms with van der Waals surface area (Å²) in [5.74, 6) is -0.323. The van der Waals surface area contributed by atoms with Crippen LogP contribution in [0.2, 0.25) is 0 Å². The number of hydrogen-bond acceptors (Lipinski definition) is 3. The molecule has 0 unspecified atom stereocenters. The summed E-state index contributed by atoms with van der Waals surface area (Å²) in [6, 6.07) is 3.73. The van der Waals surface area contributed by atoms with Crippen LogP contribution in [0.3, 0.4) is 0 Å². The molecule has 1 heterocycles. The minimum atomic E-state index is -0.323. The molecule has 3 nitrogen and oxygen atoms in total. The number of aryl methyl sites for hydroxylation is 1. The average Bonchev–Trinajstić information content (AvgIpc) is 2.17. The lowest BCUT2D eigenvalue weighted by atomic mass is 10.2. The smallest absolute Gasteiger partial charge is 0.330 e. The van der Waals surface area contributed by atoms with Crippen molar-refractivity contribution in [1.82, 2.24) is 4.98 Å². The summed E-state index contributed by atoms with van der Waals surface area (Å²) in [7, 11) is 0. The van der Waals surface area contributed by atoms with Crippen molar-refractivity contribution in [3.8, 4) is 0 Å². The zero-order valence-corrected chi connectivity index (χ0v) is 8.36. The number of ether oxygens (including phenoxy) is 1. The predicted molar refractivity (Wildman–Crippen MR) is 54.6 cm³/mol. The van der Waals surface area contributed by atoms with Crippen molar-refractivity contribution in [2.45, 2.75) is 13.8 Å². The number of hydrogen-bond donors (Lipinski definition) is 0. The van der Waals surface area contributed by atoms with Crippen molar-refractivity contribution < 1.29 is 9.53 Å². The standard InChI is InChI=1S/C11H13NO2/c1-3-14-11(13)7-6-10-5-4-8-12-9(10)2/h4-8H,3H2,1-2H3. The van der Waals surface area contributed by atoms with Crippen LogP contribution in [0.5, 0.6) is 0 Å². The van der Waals surface area contributed by atoms with E-state index in [1.54, 1.807) is 19.2 Å². The van der Waals surface area contributed by atoms with Gasteiger partial charge in [0.1, 0.15) is 0 Å². The minimum absolute atomic E-state index is 0.323. The Balaban J connectivity index is 2.69. The molecule has 14 heavy (non-hydrogen) atoms. The molecule has 0 saturated heterocycles. The first-order valence-electron chi connectivity index (χ1n) is 4.50. The van der Waals surface area contributed by atoms with E-state index in [0.717, 1.165) is 11.3 Å². The Morgan fingerprint density at radius 1 is 1.64 bits per heavy atom. The van der Waals surface area contributed by atoms with Crippen molar-refractivity contribution in [2.75, 3.05) is 6.61 Å². The highest BCUT2D eigenvalue weighted by molar-refractivity contribution is 5.87. The van der Waals surface area contributed by atoms with Crippen molar-refractivity contribution in [3.05, 3.63) is 35.7 Å². The Morgan fingerprint density at radius 3 is 3.07 bits per heavy atom. The van der Waals surface area contributed by atoms with Gasteiger partial charge in [0.05, 0.1) is 6.61 Å². The summed E-state index contributed by atoms with van der Waals surface area (Å²) in [5.41, 5.74) is 1.83. The number of carbonyl (C=O) groups is 1. The second-order valence-electron chi connectivity index (χ2n) is 2.76. The van der Waals surface area contributed by atoms with Gasteiger partial charge in [0.2, 0.25) is 0 Å². The van der Waals surface area contributed by atoms with Gasteiger partial charge in [-0.2, -0.15) is 0 Å². The largest absolute Gasteiger partial charge is 0.463 e. The van der Waals surface area contributed by atoms with Crippen LogP contribution in [0.15, 0.2) is 24.4 Å². The zero-order valence-electron chi connectivity index (χ0n) is 8.36. The second-order valence-corrected chi connectivity index (χ2v) is 2.76. The van der Waals surface area contributed by atoms with E-state index >= 15 is 0 Å². The molecule has 1 aromatic heterocycles. The molecule has 3 heteroatoms. The summed E-state index contributed by atoms with van der Waals surface area (Å²) in [5, 5.41) is 0. The highest BCUT2D eigenvalue weighted by Crippen LogP contribution is 2.05. The summed E-state index contributed by atoms with van der Waals surface area (Å²) < 4.78 is 4.76. The molecule has 0 aromatic carbocycles. The fourth-order valence-corrected chi connectivity index (χ4v) is 1.02. The van der Waals surface area contributed by atoms with Gasteiger partial charge in [-0.3, -0.25) is 4.98 Å². The van der Waals surface area contributed by atoms with Crippen LogP contribution in [0.1, 0.15) is 18.2 Å². The van der Waals surface area contributed by atoms with Crippen LogP contribution in [-0.4, -0.2) is 17.6 Å². The number of pyridine rings is 1. The first-order valence-corrected chi connectivity index (χ1v) is 4.50. The van der Waals surface area contributed by atoms with Crippen LogP contribution < -0.4 is 0 Å². The fraction of sp³-hybridized carbons (Fsp3) is 0.273. The van der Waals surface area contributed by atoms with E-state index in [4.69, 9.17) is 4.74 Å². The maximum atomic E-state index is 11.0. The molecular weight excluding hydrogens is 178 g/mol. The molecule has 0 radical (unpaired) electrons. The number of nitrogens with zero attached hydrogens (tertiary/aromatic N) is 1. The lowest BCUT2D eigenvalue weighted by molar-refractivity contribution is -0.137. The van der Waals surface area contributed by atoms with E-state index in [9.17, 15) is 4.79 Å². The van der Waals surface area contributed by atoms with Gasteiger partial charge < -0.3 is 4.74 Å². The lowest BCUT2D eigenvalue weighted by Crippen LogP contribution is -1.98. The minimum Gasteiger partial charge on any atom is -0.463 e. The monoisotopic (exact) mass is 191 g/mol. The van der Waals surface area contributed by atoms with Crippen LogP contribution in [0.4, 0.5) is 0 Å². The summed E-state index contributed by atoms with van der Waals surface area (Å²) >= 11 is 0. The predicted octanol–water partition coefficient (Wildman–Crippen LogP) is 1.97. The van der Waals surface area contributed by atoms with Crippen LogP contribution in [0, 0.1) is 6.92 Å². The van der Waals surface area contributed by atoms with Crippen molar-refractivity contribution in [2.24, 2.45) is 0 Å². The van der Waals surface area contributed by atoms with Crippen molar-refractivity contribution in [1.29, 1.82) is 0 Å². The fourth-order valence-electron chi connectivity index (χ4n) is 1.02. The second kappa shape index (κ2) is 5.17. The van der Waals surface area contributed by atoms with Crippen molar-refractivity contribution in [3.63, 3.8) is 0 Å². The van der Waals surface area contributed by atoms with Gasteiger partial charge in [0, 0.05) is 18.0 Å². The van der Waals surface area contributed by atoms with Gasteiger partial charge in [0.15, 0.2) is 0 Å². The Labute approximate surface area is 83.4 Å². The Morgan fingerprint density at radius 2 is 2.43 bits per heavy atom. The molecule has 0 saturated carbocycles. The van der Waals surface area contributed by atoms with E-state index in [0.29, 0.717) is 6.61 Å². The Kier molecular flexibility index (Phi) is 3.85. The first-order chi connectivity index (χ1) is 6.74. The number of carbonyl (C=O) groups excluding carboxylic acids is 1. The molecule has 1 rings (SSSR count). The quantitative estimate of drug-likeness (QED) is 0.541. The lowest BCUT2D eigenvalue weighted by Gasteiger charge is -1.97. The van der Waals surface area contributed by atoms with Gasteiger partial charge in [0.25, 0.3) is 0 Å². The van der Waals surface area contributed by atoms with Crippen LogP contribution >= 0.6 is 0 Å². The summed E-state index contributed by atoms with van der Waals surface area (Å²) in [4.78, 5) is 15.1. The van der Waals surface area contributed by atoms with Crippen molar-refractivity contribution >= 4 is 12.0 Å². The summed E-state index contributed by atoms with van der Waals surface area (Å²) in [6.45, 7) is 4.07. The van der Waals surface area contributed by atoms with Gasteiger partial charge in [-0.1, -0.05) is 6.07 Å². The third-order valence-electron chi connectivity index (χ3n) is 1.73. The van der Waals surface area contributed by atoms with Gasteiger partial charge >= 0.3 is 5.97 Å². The molecule has 0 N–H and O–H groups in total. The third kappa shape index (κ3) is 3.01. The number of aromatic nitrogens is 1. The van der Waals surface area contributed by atoms with E-state index in [-0.39, 0.29) is 5.97 Å². The summed E-state index contributed by atoms with van der Waals surface area (Å²) in [6.07, 6.45) is 4.84. The highest BCUT2D eigenvalue weighted by Gasteiger charge is 1.96. The molecule has 74 valence electrons. The number of esters is 1. The maximum Gasteiger partial charge on any atom is 0.330 e. The van der Waals surface area contributed by atoms with Gasteiger partial charge in [-0.25, -0.2) is 4.79 Å². The maximum absolute atomic E-state index is 11.0. The molecule has 0 amide bonds. The highest BCUT2D eigenvalue weighted by atomic mass is 16.5. The first kappa shape index (κ1) is 10.4. The molecule has 0 aliphatic heterocycles. The van der Waals surface area contributed by atoms with Crippen LogP contribution in [0.25, 0.3) is 6.08 Å². The average molecular weight is 191 g/mol. The molecular formula is C11H13NO2. The Bertz CT molecular complexity index is 345. The molecule has 0 aliphatic rings. The van der Waals surface area contributed by atoms with Gasteiger partial charge in [-0.05, 0) is 31.6 Å². The number of rotatable bonds is 3. The topological polar surface area (TPSA) is 39.2 Å². The molecule has 1 aromatic rings. The van der Waals surface area contributed by atoms with Crippen LogP contribution in [-0.2, 0) is 9.53 Å². The van der Waals surface area contributed by atoms with E-state index in [1.807, 2.05) is 19.1 Å². The Hall–Kier alpha value is -1.64. The molecule has 0 atom stereocenters. The van der Waals surface area contributed by atoms with E-state index in [1.165, 1.54) is 6.08 Å². The van der Waals surface area contributed by atoms with E-state index in [2.05, 4.69) is 4.98 Å².